The van der Waals surface area contributed by atoms with Gasteiger partial charge in [0.1, 0.15) is 5.82 Å². The highest BCUT2D eigenvalue weighted by Gasteiger charge is 2.08. The normalized spacial score (nSPS) is 10.7. The van der Waals surface area contributed by atoms with Crippen molar-refractivity contribution >= 4 is 27.4 Å². The van der Waals surface area contributed by atoms with Crippen LogP contribution in [0.1, 0.15) is 0 Å². The highest BCUT2D eigenvalue weighted by atomic mass is 79.9. The van der Waals surface area contributed by atoms with E-state index in [0.717, 1.165) is 21.7 Å². The van der Waals surface area contributed by atoms with Gasteiger partial charge in [0.05, 0.1) is 13.3 Å². The lowest BCUT2D eigenvalue weighted by atomic mass is 10.4. The Morgan fingerprint density at radius 2 is 2.13 bits per heavy atom. The summed E-state index contributed by atoms with van der Waals surface area (Å²) in [5.41, 5.74) is 0.824. The summed E-state index contributed by atoms with van der Waals surface area (Å²) in [6, 6.07) is 1.90. The monoisotopic (exact) mass is 269 g/mol. The van der Waals surface area contributed by atoms with Crippen molar-refractivity contribution in [3.05, 3.63) is 22.9 Å². The number of nitrogens with zero attached hydrogens (tertiary/aromatic N) is 3. The molecule has 0 atom stereocenters. The van der Waals surface area contributed by atoms with E-state index >= 15 is 0 Å². The van der Waals surface area contributed by atoms with Gasteiger partial charge in [0.2, 0.25) is 0 Å². The average Bonchev–Trinajstić information content (AvgIpc) is 2.59. The van der Waals surface area contributed by atoms with Crippen LogP contribution in [-0.2, 0) is 0 Å². The molecule has 0 saturated carbocycles. The maximum atomic E-state index is 5.27. The Labute approximate surface area is 96.6 Å². The van der Waals surface area contributed by atoms with Crippen molar-refractivity contribution in [2.45, 2.75) is 0 Å². The molecule has 0 aliphatic heterocycles. The zero-order valence-corrected chi connectivity index (χ0v) is 10.4. The van der Waals surface area contributed by atoms with Crippen LogP contribution in [0, 0.1) is 0 Å². The Balaban J connectivity index is 2.68. The van der Waals surface area contributed by atoms with Crippen molar-refractivity contribution in [3.63, 3.8) is 0 Å². The maximum Gasteiger partial charge on any atom is 0.181 e. The van der Waals surface area contributed by atoms with Crippen LogP contribution in [0.15, 0.2) is 22.9 Å². The molecule has 0 N–H and O–H groups in total. The second kappa shape index (κ2) is 3.73. The van der Waals surface area contributed by atoms with Crippen molar-refractivity contribution in [2.75, 3.05) is 26.1 Å². The quantitative estimate of drug-likeness (QED) is 0.837. The van der Waals surface area contributed by atoms with E-state index in [0.29, 0.717) is 0 Å². The van der Waals surface area contributed by atoms with E-state index in [1.165, 1.54) is 0 Å². The van der Waals surface area contributed by atoms with Gasteiger partial charge >= 0.3 is 0 Å². The Kier molecular flexibility index (Phi) is 2.56. The molecule has 2 heterocycles. The van der Waals surface area contributed by atoms with E-state index in [9.17, 15) is 0 Å². The Morgan fingerprint density at radius 3 is 2.73 bits per heavy atom. The lowest BCUT2D eigenvalue weighted by Gasteiger charge is -2.05. The van der Waals surface area contributed by atoms with E-state index in [4.69, 9.17) is 4.74 Å². The first kappa shape index (κ1) is 10.3. The van der Waals surface area contributed by atoms with Crippen LogP contribution in [0.2, 0.25) is 0 Å². The van der Waals surface area contributed by atoms with Gasteiger partial charge in [-0.1, -0.05) is 0 Å². The van der Waals surface area contributed by atoms with Crippen LogP contribution < -0.4 is 9.64 Å². The van der Waals surface area contributed by atoms with Gasteiger partial charge in [-0.2, -0.15) is 0 Å². The summed E-state index contributed by atoms with van der Waals surface area (Å²) in [6.07, 6.45) is 3.92. The largest absolute Gasteiger partial charge is 0.493 e. The van der Waals surface area contributed by atoms with E-state index in [-0.39, 0.29) is 0 Å². The number of methoxy groups -OCH3 is 1. The fraction of sp³-hybridized carbons (Fsp3) is 0.300. The third kappa shape index (κ3) is 1.79. The van der Waals surface area contributed by atoms with E-state index in [2.05, 4.69) is 20.9 Å². The molecule has 2 aromatic heterocycles. The van der Waals surface area contributed by atoms with Crippen LogP contribution in [0.25, 0.3) is 5.65 Å². The van der Waals surface area contributed by atoms with Gasteiger partial charge in [-0.3, -0.25) is 0 Å². The molecule has 0 aliphatic carbocycles. The lowest BCUT2D eigenvalue weighted by molar-refractivity contribution is 0.416. The van der Waals surface area contributed by atoms with Crippen LogP contribution >= 0.6 is 15.9 Å². The van der Waals surface area contributed by atoms with Crippen molar-refractivity contribution in [2.24, 2.45) is 0 Å². The van der Waals surface area contributed by atoms with Crippen LogP contribution in [0.3, 0.4) is 0 Å². The standard InChI is InChI=1S/C10H12BrN3O/c1-13(2)9-6-14-5-7(11)4-8(15-3)10(14)12-9/h4-6H,1-3H3. The lowest BCUT2D eigenvalue weighted by Crippen LogP contribution is -2.08. The highest BCUT2D eigenvalue weighted by Crippen LogP contribution is 2.25. The Morgan fingerprint density at radius 1 is 1.40 bits per heavy atom. The summed E-state index contributed by atoms with van der Waals surface area (Å²) in [5.74, 6) is 1.67. The third-order valence-corrected chi connectivity index (χ3v) is 2.58. The molecule has 2 rings (SSSR count). The summed E-state index contributed by atoms with van der Waals surface area (Å²) >= 11 is 3.43. The molecular formula is C10H12BrN3O. The highest BCUT2D eigenvalue weighted by molar-refractivity contribution is 9.10. The molecule has 0 radical (unpaired) electrons. The minimum absolute atomic E-state index is 0.762. The number of fused-ring (bicyclic) bond motifs is 1. The Hall–Kier alpha value is -1.23. The summed E-state index contributed by atoms with van der Waals surface area (Å²) in [7, 11) is 5.57. The number of hydrogen-bond donors (Lipinski definition) is 0. The van der Waals surface area contributed by atoms with E-state index < -0.39 is 0 Å². The topological polar surface area (TPSA) is 29.8 Å². The van der Waals surface area contributed by atoms with Crippen LogP contribution in [-0.4, -0.2) is 30.6 Å². The summed E-state index contributed by atoms with van der Waals surface area (Å²) in [5, 5.41) is 0. The van der Waals surface area contributed by atoms with Gasteiger partial charge in [0.25, 0.3) is 0 Å². The fourth-order valence-electron chi connectivity index (χ4n) is 1.39. The fourth-order valence-corrected chi connectivity index (χ4v) is 1.82. The molecule has 0 bridgehead atoms. The molecule has 0 amide bonds. The summed E-state index contributed by atoms with van der Waals surface area (Å²) in [6.45, 7) is 0. The number of ether oxygens (including phenoxy) is 1. The average molecular weight is 270 g/mol. The van der Waals surface area contributed by atoms with Gasteiger partial charge in [0.15, 0.2) is 11.4 Å². The van der Waals surface area contributed by atoms with Gasteiger partial charge in [-0.15, -0.1) is 0 Å². The smallest absolute Gasteiger partial charge is 0.181 e. The zero-order valence-electron chi connectivity index (χ0n) is 8.86. The molecule has 2 aromatic rings. The molecule has 0 aromatic carbocycles. The molecule has 0 saturated heterocycles. The number of rotatable bonds is 2. The predicted molar refractivity (Wildman–Crippen MR) is 63.8 cm³/mol. The minimum atomic E-state index is 0.762. The summed E-state index contributed by atoms with van der Waals surface area (Å²) < 4.78 is 8.18. The molecule has 0 fully saturated rings. The van der Waals surface area contributed by atoms with Crippen molar-refractivity contribution in [3.8, 4) is 5.75 Å². The van der Waals surface area contributed by atoms with Crippen molar-refractivity contribution < 1.29 is 4.74 Å². The maximum absolute atomic E-state index is 5.27. The minimum Gasteiger partial charge on any atom is -0.493 e. The van der Waals surface area contributed by atoms with Crippen LogP contribution in [0.4, 0.5) is 5.82 Å². The van der Waals surface area contributed by atoms with Crippen molar-refractivity contribution in [1.29, 1.82) is 0 Å². The first-order chi connectivity index (χ1) is 7.11. The van der Waals surface area contributed by atoms with Gasteiger partial charge in [0, 0.05) is 24.8 Å². The number of aromatic nitrogens is 2. The second-order valence-corrected chi connectivity index (χ2v) is 4.37. The molecule has 0 spiro atoms. The molecule has 5 heteroatoms. The number of pyridine rings is 1. The molecule has 0 unspecified atom stereocenters. The Bertz CT molecular complexity index is 493. The van der Waals surface area contributed by atoms with E-state index in [1.807, 2.05) is 41.9 Å². The number of halogens is 1. The SMILES string of the molecule is COc1cc(Br)cn2cc(N(C)C)nc12. The molecular weight excluding hydrogens is 258 g/mol. The van der Waals surface area contributed by atoms with Crippen LogP contribution in [0.5, 0.6) is 5.75 Å². The number of hydrogen-bond acceptors (Lipinski definition) is 3. The van der Waals surface area contributed by atoms with Gasteiger partial charge < -0.3 is 14.0 Å². The number of anilines is 1. The summed E-state index contributed by atoms with van der Waals surface area (Å²) in [4.78, 5) is 6.43. The zero-order chi connectivity index (χ0) is 11.0. The first-order valence-electron chi connectivity index (χ1n) is 4.51. The van der Waals surface area contributed by atoms with Crippen molar-refractivity contribution in [1.82, 2.24) is 9.38 Å². The van der Waals surface area contributed by atoms with Gasteiger partial charge in [-0.05, 0) is 22.0 Å². The molecule has 80 valence electrons. The predicted octanol–water partition coefficient (Wildman–Crippen LogP) is 2.17. The van der Waals surface area contributed by atoms with E-state index in [1.54, 1.807) is 7.11 Å². The first-order valence-corrected chi connectivity index (χ1v) is 5.30. The second-order valence-electron chi connectivity index (χ2n) is 3.45. The molecule has 0 aliphatic rings. The molecule has 15 heavy (non-hydrogen) atoms. The van der Waals surface area contributed by atoms with Gasteiger partial charge in [-0.25, -0.2) is 4.98 Å². The molecule has 4 nitrogen and oxygen atoms in total. The number of imidazole rings is 1. The third-order valence-electron chi connectivity index (χ3n) is 2.15.